The molecule has 2 aromatic carbocycles. The maximum absolute atomic E-state index is 9.64. The molecule has 0 saturated carbocycles. The fourth-order valence-corrected chi connectivity index (χ4v) is 1.53. The fourth-order valence-electron chi connectivity index (χ4n) is 1.53. The molecule has 0 heterocycles. The van der Waals surface area contributed by atoms with E-state index < -0.39 is 0 Å². The molecule has 0 unspecified atom stereocenters. The summed E-state index contributed by atoms with van der Waals surface area (Å²) in [6.45, 7) is 0. The monoisotopic (exact) mass is 173 g/mol. The van der Waals surface area contributed by atoms with Gasteiger partial charge >= 0.3 is 0 Å². The normalized spacial score (nSPS) is 10.2. The molecule has 13 heavy (non-hydrogen) atoms. The smallest absolute Gasteiger partial charge is 0.125 e. The molecule has 0 aliphatic rings. The van der Waals surface area contributed by atoms with Crippen molar-refractivity contribution in [2.45, 2.75) is 0 Å². The van der Waals surface area contributed by atoms with E-state index >= 15 is 0 Å². The predicted molar refractivity (Wildman–Crippen MR) is 55.2 cm³/mol. The van der Waals surface area contributed by atoms with Gasteiger partial charge in [0.25, 0.3) is 0 Å². The molecule has 2 rings (SSSR count). The second kappa shape index (κ2) is 2.98. The quantitative estimate of drug-likeness (QED) is 0.694. The first-order valence-electron chi connectivity index (χ1n) is 4.21. The van der Waals surface area contributed by atoms with Crippen LogP contribution >= 0.6 is 0 Å². The molecule has 0 atom stereocenters. The molecule has 2 nitrogen and oxygen atoms in total. The third kappa shape index (κ3) is 1.20. The van der Waals surface area contributed by atoms with Crippen molar-refractivity contribution in [1.82, 2.24) is 0 Å². The van der Waals surface area contributed by atoms with Gasteiger partial charge in [-0.25, -0.2) is 0 Å². The van der Waals surface area contributed by atoms with Gasteiger partial charge in [-0.05, 0) is 17.5 Å². The van der Waals surface area contributed by atoms with E-state index in [2.05, 4.69) is 5.32 Å². The number of rotatable bonds is 1. The first-order valence-corrected chi connectivity index (χ1v) is 4.21. The highest BCUT2D eigenvalue weighted by Gasteiger charge is 2.02. The Bertz CT molecular complexity index is 432. The summed E-state index contributed by atoms with van der Waals surface area (Å²) in [6, 6.07) is 11.4. The van der Waals surface area contributed by atoms with Gasteiger partial charge in [-0.2, -0.15) is 0 Å². The Morgan fingerprint density at radius 2 is 1.77 bits per heavy atom. The van der Waals surface area contributed by atoms with Crippen LogP contribution in [0.3, 0.4) is 0 Å². The number of hydrogen-bond acceptors (Lipinski definition) is 2. The van der Waals surface area contributed by atoms with E-state index in [-0.39, 0.29) is 0 Å². The number of phenolic OH excluding ortho intramolecular Hbond substituents is 1. The molecule has 2 aromatic rings. The van der Waals surface area contributed by atoms with Crippen molar-refractivity contribution >= 4 is 16.5 Å². The largest absolute Gasteiger partial charge is 0.507 e. The summed E-state index contributed by atoms with van der Waals surface area (Å²) in [6.07, 6.45) is 0. The molecular weight excluding hydrogens is 162 g/mol. The average molecular weight is 173 g/mol. The van der Waals surface area contributed by atoms with Crippen LogP contribution in [0, 0.1) is 0 Å². The van der Waals surface area contributed by atoms with Crippen LogP contribution in [-0.2, 0) is 0 Å². The van der Waals surface area contributed by atoms with Crippen molar-refractivity contribution in [2.24, 2.45) is 0 Å². The van der Waals surface area contributed by atoms with Crippen LogP contribution in [0.25, 0.3) is 10.8 Å². The maximum atomic E-state index is 9.64. The lowest BCUT2D eigenvalue weighted by Gasteiger charge is -2.06. The topological polar surface area (TPSA) is 32.3 Å². The van der Waals surface area contributed by atoms with E-state index in [0.29, 0.717) is 5.75 Å². The molecule has 0 fully saturated rings. The molecule has 2 N–H and O–H groups in total. The number of anilines is 1. The Morgan fingerprint density at radius 1 is 1.08 bits per heavy atom. The van der Waals surface area contributed by atoms with Crippen molar-refractivity contribution in [3.63, 3.8) is 0 Å². The fraction of sp³-hybridized carbons (Fsp3) is 0.0909. The maximum Gasteiger partial charge on any atom is 0.125 e. The summed E-state index contributed by atoms with van der Waals surface area (Å²) >= 11 is 0. The minimum atomic E-state index is 0.322. The molecule has 0 radical (unpaired) electrons. The van der Waals surface area contributed by atoms with Crippen molar-refractivity contribution in [2.75, 3.05) is 12.4 Å². The van der Waals surface area contributed by atoms with Gasteiger partial charge in [-0.15, -0.1) is 0 Å². The van der Waals surface area contributed by atoms with E-state index in [1.54, 1.807) is 6.07 Å². The molecule has 0 aromatic heterocycles. The Hall–Kier alpha value is -1.70. The second-order valence-corrected chi connectivity index (χ2v) is 2.93. The van der Waals surface area contributed by atoms with E-state index in [4.69, 9.17) is 0 Å². The molecule has 0 aliphatic carbocycles. The predicted octanol–water partition coefficient (Wildman–Crippen LogP) is 2.59. The molecule has 0 amide bonds. The van der Waals surface area contributed by atoms with Crippen LogP contribution in [0.15, 0.2) is 36.4 Å². The Labute approximate surface area is 76.8 Å². The zero-order valence-corrected chi connectivity index (χ0v) is 7.41. The summed E-state index contributed by atoms with van der Waals surface area (Å²) in [5, 5.41) is 14.6. The highest BCUT2D eigenvalue weighted by molar-refractivity contribution is 5.98. The molecule has 0 bridgehead atoms. The van der Waals surface area contributed by atoms with Crippen LogP contribution in [0.1, 0.15) is 0 Å². The lowest BCUT2D eigenvalue weighted by molar-refractivity contribution is 0.482. The minimum absolute atomic E-state index is 0.322. The van der Waals surface area contributed by atoms with Gasteiger partial charge in [-0.3, -0.25) is 0 Å². The van der Waals surface area contributed by atoms with Crippen molar-refractivity contribution in [3.05, 3.63) is 36.4 Å². The first kappa shape index (κ1) is 7.92. The van der Waals surface area contributed by atoms with Gasteiger partial charge in [0, 0.05) is 18.1 Å². The standard InChI is InChI=1S/C11H11NO/c1-12-9-6-2-4-8-5-3-7-10(13)11(8)9/h2-7,12-13H,1H3. The van der Waals surface area contributed by atoms with Crippen molar-refractivity contribution < 1.29 is 5.11 Å². The molecule has 2 heteroatoms. The van der Waals surface area contributed by atoms with Crippen LogP contribution in [0.2, 0.25) is 0 Å². The minimum Gasteiger partial charge on any atom is -0.507 e. The van der Waals surface area contributed by atoms with Gasteiger partial charge in [0.15, 0.2) is 0 Å². The SMILES string of the molecule is CNc1cccc2cccc(O)c12. The number of hydrogen-bond donors (Lipinski definition) is 2. The van der Waals surface area contributed by atoms with Gasteiger partial charge < -0.3 is 10.4 Å². The van der Waals surface area contributed by atoms with Crippen LogP contribution < -0.4 is 5.32 Å². The van der Waals surface area contributed by atoms with Gasteiger partial charge in [0.2, 0.25) is 0 Å². The Morgan fingerprint density at radius 3 is 2.46 bits per heavy atom. The third-order valence-corrected chi connectivity index (χ3v) is 2.15. The van der Waals surface area contributed by atoms with Crippen LogP contribution in [-0.4, -0.2) is 12.2 Å². The average Bonchev–Trinajstić information content (AvgIpc) is 2.17. The van der Waals surface area contributed by atoms with Crippen molar-refractivity contribution in [3.8, 4) is 5.75 Å². The second-order valence-electron chi connectivity index (χ2n) is 2.93. The first-order chi connectivity index (χ1) is 6.33. The number of phenols is 1. The summed E-state index contributed by atoms with van der Waals surface area (Å²) in [5.74, 6) is 0.322. The molecular formula is C11H11NO. The van der Waals surface area contributed by atoms with Crippen LogP contribution in [0.5, 0.6) is 5.75 Å². The number of aromatic hydroxyl groups is 1. The number of nitrogens with one attached hydrogen (secondary N) is 1. The van der Waals surface area contributed by atoms with Gasteiger partial charge in [-0.1, -0.05) is 24.3 Å². The van der Waals surface area contributed by atoms with Gasteiger partial charge in [0.05, 0.1) is 0 Å². The van der Waals surface area contributed by atoms with Gasteiger partial charge in [0.1, 0.15) is 5.75 Å². The number of fused-ring (bicyclic) bond motifs is 1. The Kier molecular flexibility index (Phi) is 1.81. The molecule has 0 saturated heterocycles. The zero-order chi connectivity index (χ0) is 9.26. The van der Waals surface area contributed by atoms with E-state index in [1.165, 1.54) is 0 Å². The lowest BCUT2D eigenvalue weighted by Crippen LogP contribution is -1.88. The number of benzene rings is 2. The third-order valence-electron chi connectivity index (χ3n) is 2.15. The summed E-state index contributed by atoms with van der Waals surface area (Å²) in [7, 11) is 1.85. The Balaban J connectivity index is 2.87. The molecule has 0 spiro atoms. The lowest BCUT2D eigenvalue weighted by atomic mass is 10.1. The van der Waals surface area contributed by atoms with E-state index in [1.807, 2.05) is 37.4 Å². The van der Waals surface area contributed by atoms with Crippen molar-refractivity contribution in [1.29, 1.82) is 0 Å². The van der Waals surface area contributed by atoms with E-state index in [9.17, 15) is 5.11 Å². The highest BCUT2D eigenvalue weighted by Crippen LogP contribution is 2.30. The summed E-state index contributed by atoms with van der Waals surface area (Å²) in [5.41, 5.74) is 0.954. The van der Waals surface area contributed by atoms with E-state index in [0.717, 1.165) is 16.5 Å². The molecule has 66 valence electrons. The summed E-state index contributed by atoms with van der Waals surface area (Å²) < 4.78 is 0. The van der Waals surface area contributed by atoms with Crippen LogP contribution in [0.4, 0.5) is 5.69 Å². The highest BCUT2D eigenvalue weighted by atomic mass is 16.3. The zero-order valence-electron chi connectivity index (χ0n) is 7.41. The molecule has 0 aliphatic heterocycles. The summed E-state index contributed by atoms with van der Waals surface area (Å²) in [4.78, 5) is 0.